The fraction of sp³-hybridized carbons (Fsp3) is 0.0968. The van der Waals surface area contributed by atoms with Gasteiger partial charge in [0.2, 0.25) is 0 Å². The maximum Gasteiger partial charge on any atom is 1.00 e. The van der Waals surface area contributed by atoms with Crippen molar-refractivity contribution in [2.45, 2.75) is 12.6 Å². The minimum absolute atomic E-state index is 0. The van der Waals surface area contributed by atoms with Gasteiger partial charge in [-0.15, -0.1) is 0 Å². The van der Waals surface area contributed by atoms with E-state index in [0.717, 1.165) is 51.2 Å². The molecule has 0 aliphatic rings. The van der Waals surface area contributed by atoms with Crippen molar-refractivity contribution in [1.82, 2.24) is 9.97 Å². The minimum Gasteiger partial charge on any atom is -0.792 e. The predicted molar refractivity (Wildman–Crippen MR) is 155 cm³/mol. The van der Waals surface area contributed by atoms with Crippen LogP contribution in [-0.2, 0) is 42.3 Å². The minimum atomic E-state index is -1.02. The van der Waals surface area contributed by atoms with Crippen LogP contribution in [0.1, 0.15) is 11.4 Å². The van der Waals surface area contributed by atoms with E-state index in [0.29, 0.717) is 5.75 Å². The summed E-state index contributed by atoms with van der Waals surface area (Å²) in [4.78, 5) is 10.3. The number of benzene rings is 4. The molecule has 0 aliphatic heterocycles. The van der Waals surface area contributed by atoms with Crippen LogP contribution in [-0.4, -0.2) is 15.7 Å². The van der Waals surface area contributed by atoms with E-state index in [4.69, 9.17) is 22.6 Å². The summed E-state index contributed by atoms with van der Waals surface area (Å²) in [5, 5.41) is 7.42. The number of hydrogen-bond acceptors (Lipinski definition) is 3. The first-order valence-corrected chi connectivity index (χ1v) is 14.2. The van der Waals surface area contributed by atoms with Crippen LogP contribution in [0.4, 0.5) is 0 Å². The predicted octanol–water partition coefficient (Wildman–Crippen LogP) is 6.39. The number of pyridine rings is 2. The van der Waals surface area contributed by atoms with E-state index < -0.39 is 7.92 Å². The molecule has 0 aliphatic carbocycles. The summed E-state index contributed by atoms with van der Waals surface area (Å²) in [6.45, 7) is 0. The van der Waals surface area contributed by atoms with Gasteiger partial charge in [0.1, 0.15) is 6.16 Å². The van der Waals surface area contributed by atoms with Crippen molar-refractivity contribution in [1.29, 1.82) is 0 Å². The molecule has 6 aromatic rings. The van der Waals surface area contributed by atoms with Crippen LogP contribution in [0, 0.1) is 0 Å². The maximum absolute atomic E-state index is 5.28. The zero-order chi connectivity index (χ0) is 23.6. The van der Waals surface area contributed by atoms with Crippen LogP contribution in [0.25, 0.3) is 32.6 Å². The number of rotatable bonds is 6. The van der Waals surface area contributed by atoms with E-state index in [1.807, 2.05) is 0 Å². The van der Waals surface area contributed by atoms with Gasteiger partial charge in [-0.1, -0.05) is 72.8 Å². The van der Waals surface area contributed by atoms with Gasteiger partial charge in [0.25, 0.3) is 0 Å². The SMILES string of the molecule is [Cu+].[S-]CCc1ccc2ccc3ccc4ccc(C[PH+](c5ccccc5)c5ccccc5)nc4c3c2n1. The van der Waals surface area contributed by atoms with Crippen molar-refractivity contribution in [3.05, 3.63) is 121 Å². The zero-order valence-electron chi connectivity index (χ0n) is 19.6. The summed E-state index contributed by atoms with van der Waals surface area (Å²) in [6, 6.07) is 39.2. The number of nitrogens with zero attached hydrogens (tertiary/aromatic N) is 2. The molecule has 0 N–H and O–H groups in total. The Labute approximate surface area is 228 Å². The molecule has 0 atom stereocenters. The smallest absolute Gasteiger partial charge is 0.792 e. The molecule has 180 valence electrons. The fourth-order valence-electron chi connectivity index (χ4n) is 4.83. The normalized spacial score (nSPS) is 11.3. The summed E-state index contributed by atoms with van der Waals surface area (Å²) >= 11 is 5.22. The van der Waals surface area contributed by atoms with Crippen molar-refractivity contribution < 1.29 is 17.1 Å². The summed E-state index contributed by atoms with van der Waals surface area (Å²) in [6.07, 6.45) is 1.75. The van der Waals surface area contributed by atoms with Crippen LogP contribution < -0.4 is 10.6 Å². The molecule has 2 nitrogen and oxygen atoms in total. The van der Waals surface area contributed by atoms with Gasteiger partial charge >= 0.3 is 17.1 Å². The van der Waals surface area contributed by atoms with Gasteiger partial charge in [-0.05, 0) is 48.2 Å². The summed E-state index contributed by atoms with van der Waals surface area (Å²) in [5.74, 6) is 0.677. The molecule has 2 heterocycles. The standard InChI is InChI=1S/C31H25N2PS.Cu/c35-20-19-25-17-15-23-13-11-22-12-14-24-16-18-26(33-31(24)29(22)30(23)32-25)21-34(27-7-3-1-4-8-27)28-9-5-2-6-10-28;/h1-18,35H,19-21H2;/q;+1. The average Bonchev–Trinajstić information content (AvgIpc) is 2.92. The van der Waals surface area contributed by atoms with Crippen LogP contribution in [0.15, 0.2) is 109 Å². The Morgan fingerprint density at radius 2 is 1.03 bits per heavy atom. The number of aryl methyl sites for hydroxylation is 1. The van der Waals surface area contributed by atoms with Crippen LogP contribution >= 0.6 is 7.92 Å². The quantitative estimate of drug-likeness (QED) is 0.104. The van der Waals surface area contributed by atoms with E-state index >= 15 is 0 Å². The Morgan fingerprint density at radius 3 is 1.58 bits per heavy atom. The molecule has 0 spiro atoms. The van der Waals surface area contributed by atoms with Crippen molar-refractivity contribution in [2.24, 2.45) is 0 Å². The topological polar surface area (TPSA) is 25.8 Å². The molecule has 5 heteroatoms. The molecular weight excluding hydrogens is 527 g/mol. The molecule has 0 amide bonds. The van der Waals surface area contributed by atoms with Gasteiger partial charge in [-0.3, -0.25) is 4.98 Å². The molecule has 0 saturated carbocycles. The van der Waals surface area contributed by atoms with Crippen LogP contribution in [0.5, 0.6) is 0 Å². The largest absolute Gasteiger partial charge is 1.00 e. The molecule has 6 rings (SSSR count). The monoisotopic (exact) mass is 551 g/mol. The van der Waals surface area contributed by atoms with Crippen molar-refractivity contribution in [3.8, 4) is 0 Å². The fourth-order valence-corrected chi connectivity index (χ4v) is 7.53. The molecule has 2 aromatic heterocycles. The number of aromatic nitrogens is 2. The first kappa shape index (κ1) is 24.9. The summed E-state index contributed by atoms with van der Waals surface area (Å²) in [7, 11) is -1.02. The van der Waals surface area contributed by atoms with Gasteiger partial charge in [-0.2, -0.15) is 5.75 Å². The van der Waals surface area contributed by atoms with E-state index in [9.17, 15) is 0 Å². The Bertz CT molecular complexity index is 1600. The summed E-state index contributed by atoms with van der Waals surface area (Å²) < 4.78 is 0. The van der Waals surface area contributed by atoms with E-state index in [2.05, 4.69) is 109 Å². The third kappa shape index (κ3) is 4.92. The maximum atomic E-state index is 5.28. The molecular formula is C31H25CuN2PS+. The van der Waals surface area contributed by atoms with Gasteiger partial charge in [-0.25, -0.2) is 4.98 Å². The second-order valence-corrected chi connectivity index (χ2v) is 11.7. The Kier molecular flexibility index (Phi) is 7.70. The first-order chi connectivity index (χ1) is 17.3. The van der Waals surface area contributed by atoms with Crippen molar-refractivity contribution in [2.75, 3.05) is 5.75 Å². The third-order valence-corrected chi connectivity index (χ3v) is 9.56. The van der Waals surface area contributed by atoms with Crippen molar-refractivity contribution >= 4 is 63.7 Å². The van der Waals surface area contributed by atoms with E-state index in [1.165, 1.54) is 16.0 Å². The zero-order valence-corrected chi connectivity index (χ0v) is 22.4. The summed E-state index contributed by atoms with van der Waals surface area (Å²) in [5.41, 5.74) is 4.24. The molecule has 0 saturated heterocycles. The van der Waals surface area contributed by atoms with Gasteiger partial charge in [0.15, 0.2) is 0 Å². The number of hydrogen-bond donors (Lipinski definition) is 0. The molecule has 4 aromatic carbocycles. The van der Waals surface area contributed by atoms with Crippen LogP contribution in [0.3, 0.4) is 0 Å². The van der Waals surface area contributed by atoms with E-state index in [-0.39, 0.29) is 17.1 Å². The second kappa shape index (κ2) is 11.1. The molecule has 0 bridgehead atoms. The Balaban J connectivity index is 0.00000267. The van der Waals surface area contributed by atoms with Crippen molar-refractivity contribution in [3.63, 3.8) is 0 Å². The molecule has 0 radical (unpaired) electrons. The van der Waals surface area contributed by atoms with Gasteiger partial charge in [0.05, 0.1) is 35.3 Å². The van der Waals surface area contributed by atoms with Gasteiger partial charge in [0, 0.05) is 21.9 Å². The molecule has 0 unspecified atom stereocenters. The molecule has 36 heavy (non-hydrogen) atoms. The number of fused-ring (bicyclic) bond motifs is 5. The molecule has 0 fully saturated rings. The second-order valence-electron chi connectivity index (χ2n) is 8.82. The third-order valence-electron chi connectivity index (χ3n) is 6.58. The van der Waals surface area contributed by atoms with Crippen LogP contribution in [0.2, 0.25) is 0 Å². The Morgan fingerprint density at radius 1 is 0.556 bits per heavy atom. The van der Waals surface area contributed by atoms with E-state index in [1.54, 1.807) is 0 Å². The average molecular weight is 552 g/mol. The van der Waals surface area contributed by atoms with Gasteiger partial charge < -0.3 is 12.6 Å². The Hall–Kier alpha value is -2.74. The first-order valence-electron chi connectivity index (χ1n) is 12.0.